The zero-order valence-corrected chi connectivity index (χ0v) is 12.0. The smallest absolute Gasteiger partial charge is 0.291 e. The monoisotopic (exact) mass is 305 g/mol. The Morgan fingerprint density at radius 2 is 1.78 bits per heavy atom. The van der Waals surface area contributed by atoms with Crippen molar-refractivity contribution in [3.63, 3.8) is 0 Å². The second-order valence-corrected chi connectivity index (χ2v) is 5.27. The molecule has 0 saturated heterocycles. The average Bonchev–Trinajstić information content (AvgIpc) is 3.00. The van der Waals surface area contributed by atoms with E-state index in [1.807, 2.05) is 36.4 Å². The highest BCUT2D eigenvalue weighted by Crippen LogP contribution is 2.28. The average molecular weight is 305 g/mol. The first-order valence-corrected chi connectivity index (χ1v) is 7.19. The molecule has 4 aromatic rings. The molecule has 112 valence electrons. The number of furan rings is 1. The fourth-order valence-corrected chi connectivity index (χ4v) is 2.66. The van der Waals surface area contributed by atoms with Crippen molar-refractivity contribution >= 4 is 33.3 Å². The minimum absolute atomic E-state index is 0.195. The van der Waals surface area contributed by atoms with Gasteiger partial charge < -0.3 is 9.73 Å². The van der Waals surface area contributed by atoms with Crippen LogP contribution in [0.1, 0.15) is 10.6 Å². The van der Waals surface area contributed by atoms with Gasteiger partial charge in [0.1, 0.15) is 11.4 Å². The minimum atomic E-state index is -0.407. The summed E-state index contributed by atoms with van der Waals surface area (Å²) in [6, 6.07) is 19.2. The number of hydrogen-bond acceptors (Lipinski definition) is 2. The molecule has 3 aromatic carbocycles. The predicted molar refractivity (Wildman–Crippen MR) is 88.1 cm³/mol. The summed E-state index contributed by atoms with van der Waals surface area (Å²) in [6.07, 6.45) is 0. The van der Waals surface area contributed by atoms with Crippen LogP contribution in [0.25, 0.3) is 21.7 Å². The summed E-state index contributed by atoms with van der Waals surface area (Å²) in [6.45, 7) is 0. The van der Waals surface area contributed by atoms with Gasteiger partial charge in [-0.3, -0.25) is 4.79 Å². The van der Waals surface area contributed by atoms with Crippen molar-refractivity contribution < 1.29 is 13.6 Å². The molecule has 0 atom stereocenters. The van der Waals surface area contributed by atoms with Crippen molar-refractivity contribution in [1.29, 1.82) is 0 Å². The lowest BCUT2D eigenvalue weighted by Gasteiger charge is -2.02. The van der Waals surface area contributed by atoms with Gasteiger partial charge in [0.15, 0.2) is 5.76 Å². The van der Waals surface area contributed by atoms with E-state index in [0.717, 1.165) is 16.2 Å². The second kappa shape index (κ2) is 5.25. The maximum absolute atomic E-state index is 13.2. The molecule has 1 heterocycles. The van der Waals surface area contributed by atoms with Crippen molar-refractivity contribution in [2.45, 2.75) is 0 Å². The fraction of sp³-hybridized carbons (Fsp3) is 0. The maximum atomic E-state index is 13.2. The van der Waals surface area contributed by atoms with Gasteiger partial charge in [0.05, 0.1) is 0 Å². The van der Waals surface area contributed by atoms with Crippen molar-refractivity contribution in [1.82, 2.24) is 0 Å². The van der Waals surface area contributed by atoms with Crippen LogP contribution in [-0.2, 0) is 0 Å². The first-order chi connectivity index (χ1) is 11.2. The molecule has 0 fully saturated rings. The topological polar surface area (TPSA) is 42.2 Å². The van der Waals surface area contributed by atoms with Gasteiger partial charge in [0.25, 0.3) is 5.91 Å². The molecule has 1 aromatic heterocycles. The van der Waals surface area contributed by atoms with E-state index in [9.17, 15) is 9.18 Å². The van der Waals surface area contributed by atoms with E-state index >= 15 is 0 Å². The largest absolute Gasteiger partial charge is 0.451 e. The van der Waals surface area contributed by atoms with Crippen LogP contribution in [0.2, 0.25) is 0 Å². The summed E-state index contributed by atoms with van der Waals surface area (Å²) < 4.78 is 18.8. The molecule has 1 N–H and O–H groups in total. The summed E-state index contributed by atoms with van der Waals surface area (Å²) in [5, 5.41) is 5.63. The van der Waals surface area contributed by atoms with Gasteiger partial charge in [-0.2, -0.15) is 0 Å². The summed E-state index contributed by atoms with van der Waals surface area (Å²) >= 11 is 0. The minimum Gasteiger partial charge on any atom is -0.451 e. The molecule has 4 heteroatoms. The van der Waals surface area contributed by atoms with E-state index in [1.54, 1.807) is 12.1 Å². The molecule has 0 saturated carbocycles. The third-order valence-corrected chi connectivity index (χ3v) is 3.73. The first-order valence-electron chi connectivity index (χ1n) is 7.19. The molecular weight excluding hydrogens is 293 g/mol. The van der Waals surface area contributed by atoms with Gasteiger partial charge in [0.2, 0.25) is 0 Å². The number of benzene rings is 3. The van der Waals surface area contributed by atoms with Crippen LogP contribution < -0.4 is 5.32 Å². The van der Waals surface area contributed by atoms with Crippen LogP contribution >= 0.6 is 0 Å². The Kier molecular flexibility index (Phi) is 3.08. The molecule has 0 bridgehead atoms. The Morgan fingerprint density at radius 1 is 0.913 bits per heavy atom. The van der Waals surface area contributed by atoms with Gasteiger partial charge in [-0.05, 0) is 41.1 Å². The number of carbonyl (C=O) groups excluding carboxylic acids is 1. The standard InChI is InChI=1S/C19H12FNO2/c20-13-5-3-6-14(10-13)21-19(22)18-11-16-15-7-2-1-4-12(15)8-9-17(16)23-18/h1-11H,(H,21,22). The number of halogens is 1. The molecule has 0 aliphatic heterocycles. The number of hydrogen-bond donors (Lipinski definition) is 1. The van der Waals surface area contributed by atoms with E-state index in [-0.39, 0.29) is 5.76 Å². The SMILES string of the molecule is O=C(Nc1cccc(F)c1)c1cc2c(ccc3ccccc32)o1. The third kappa shape index (κ3) is 2.44. The predicted octanol–water partition coefficient (Wildman–Crippen LogP) is 4.98. The summed E-state index contributed by atoms with van der Waals surface area (Å²) in [4.78, 5) is 12.3. The van der Waals surface area contributed by atoms with Gasteiger partial charge in [-0.25, -0.2) is 4.39 Å². The number of anilines is 1. The number of fused-ring (bicyclic) bond motifs is 3. The van der Waals surface area contributed by atoms with Crippen LogP contribution in [0.3, 0.4) is 0 Å². The highest BCUT2D eigenvalue weighted by atomic mass is 19.1. The molecule has 0 spiro atoms. The molecule has 0 aliphatic rings. The van der Waals surface area contributed by atoms with E-state index in [1.165, 1.54) is 18.2 Å². The number of nitrogens with one attached hydrogen (secondary N) is 1. The van der Waals surface area contributed by atoms with Crippen molar-refractivity contribution in [3.8, 4) is 0 Å². The Bertz CT molecular complexity index is 1040. The van der Waals surface area contributed by atoms with E-state index in [0.29, 0.717) is 11.3 Å². The first kappa shape index (κ1) is 13.5. The van der Waals surface area contributed by atoms with Gasteiger partial charge >= 0.3 is 0 Å². The molecule has 0 aliphatic carbocycles. The summed E-state index contributed by atoms with van der Waals surface area (Å²) in [5.74, 6) is -0.616. The van der Waals surface area contributed by atoms with Crippen LogP contribution in [0.4, 0.5) is 10.1 Å². The zero-order chi connectivity index (χ0) is 15.8. The Labute approximate surface area is 131 Å². The quantitative estimate of drug-likeness (QED) is 0.567. The highest BCUT2D eigenvalue weighted by molar-refractivity contribution is 6.10. The maximum Gasteiger partial charge on any atom is 0.291 e. The highest BCUT2D eigenvalue weighted by Gasteiger charge is 2.14. The van der Waals surface area contributed by atoms with E-state index in [2.05, 4.69) is 5.32 Å². The van der Waals surface area contributed by atoms with E-state index in [4.69, 9.17) is 4.42 Å². The van der Waals surface area contributed by atoms with E-state index < -0.39 is 11.7 Å². The van der Waals surface area contributed by atoms with Crippen LogP contribution in [0.15, 0.2) is 71.1 Å². The number of rotatable bonds is 2. The molecule has 0 radical (unpaired) electrons. The van der Waals surface area contributed by atoms with Crippen LogP contribution in [0.5, 0.6) is 0 Å². The Balaban J connectivity index is 1.74. The molecule has 1 amide bonds. The molecule has 0 unspecified atom stereocenters. The van der Waals surface area contributed by atoms with Gasteiger partial charge in [0, 0.05) is 11.1 Å². The summed E-state index contributed by atoms with van der Waals surface area (Å²) in [5.41, 5.74) is 1.04. The van der Waals surface area contributed by atoms with Gasteiger partial charge in [-0.1, -0.05) is 36.4 Å². The number of carbonyl (C=O) groups is 1. The Hall–Kier alpha value is -3.14. The normalized spacial score (nSPS) is 11.0. The summed E-state index contributed by atoms with van der Waals surface area (Å²) in [7, 11) is 0. The molecular formula is C19H12FNO2. The van der Waals surface area contributed by atoms with Gasteiger partial charge in [-0.15, -0.1) is 0 Å². The second-order valence-electron chi connectivity index (χ2n) is 5.27. The Morgan fingerprint density at radius 3 is 2.65 bits per heavy atom. The zero-order valence-electron chi connectivity index (χ0n) is 12.0. The van der Waals surface area contributed by atoms with Crippen LogP contribution in [0, 0.1) is 5.82 Å². The molecule has 4 rings (SSSR count). The molecule has 23 heavy (non-hydrogen) atoms. The lowest BCUT2D eigenvalue weighted by atomic mass is 10.1. The molecule has 3 nitrogen and oxygen atoms in total. The van der Waals surface area contributed by atoms with Crippen molar-refractivity contribution in [3.05, 3.63) is 78.3 Å². The van der Waals surface area contributed by atoms with Crippen molar-refractivity contribution in [2.75, 3.05) is 5.32 Å². The van der Waals surface area contributed by atoms with Crippen LogP contribution in [-0.4, -0.2) is 5.91 Å². The lowest BCUT2D eigenvalue weighted by Crippen LogP contribution is -2.10. The fourth-order valence-electron chi connectivity index (χ4n) is 2.66. The lowest BCUT2D eigenvalue weighted by molar-refractivity contribution is 0.0998. The number of amides is 1. The van der Waals surface area contributed by atoms with Crippen molar-refractivity contribution in [2.24, 2.45) is 0 Å². The third-order valence-electron chi connectivity index (χ3n) is 3.73.